The van der Waals surface area contributed by atoms with Crippen molar-refractivity contribution in [3.05, 3.63) is 81.8 Å². The molecule has 27 heavy (non-hydrogen) atoms. The number of rotatable bonds is 6. The van der Waals surface area contributed by atoms with E-state index in [4.69, 9.17) is 11.6 Å². The number of hydrogen-bond acceptors (Lipinski definition) is 6. The van der Waals surface area contributed by atoms with Gasteiger partial charge in [0.25, 0.3) is 0 Å². The molecule has 2 aromatic carbocycles. The zero-order valence-electron chi connectivity index (χ0n) is 14.1. The lowest BCUT2D eigenvalue weighted by atomic mass is 10.3. The molecule has 2 heterocycles. The Balaban J connectivity index is 1.49. The maximum Gasteiger partial charge on any atom is 0.343 e. The number of nitrogens with zero attached hydrogens (tertiary/aromatic N) is 6. The predicted octanol–water partition coefficient (Wildman–Crippen LogP) is 1.86. The number of benzene rings is 2. The van der Waals surface area contributed by atoms with Crippen LogP contribution >= 0.6 is 11.6 Å². The Kier molecular flexibility index (Phi) is 4.67. The highest BCUT2D eigenvalue weighted by Crippen LogP contribution is 2.13. The van der Waals surface area contributed by atoms with Gasteiger partial charge in [0.05, 0.1) is 12.2 Å². The quantitative estimate of drug-likeness (QED) is 0.527. The number of aromatic amines is 1. The van der Waals surface area contributed by atoms with Crippen LogP contribution in [0.25, 0.3) is 5.69 Å². The Morgan fingerprint density at radius 2 is 1.85 bits per heavy atom. The zero-order chi connectivity index (χ0) is 18.6. The zero-order valence-corrected chi connectivity index (χ0v) is 14.8. The van der Waals surface area contributed by atoms with Crippen LogP contribution in [0.1, 0.15) is 11.6 Å². The van der Waals surface area contributed by atoms with E-state index in [1.165, 1.54) is 4.68 Å². The van der Waals surface area contributed by atoms with E-state index in [0.29, 0.717) is 23.2 Å². The number of hydrogen-bond donors (Lipinski definition) is 2. The number of anilines is 1. The second kappa shape index (κ2) is 7.42. The average Bonchev–Trinajstić information content (AvgIpc) is 3.29. The number of halogens is 1. The van der Waals surface area contributed by atoms with E-state index in [-0.39, 0.29) is 12.2 Å². The summed E-state index contributed by atoms with van der Waals surface area (Å²) in [5, 5.41) is 19.8. The first kappa shape index (κ1) is 17.0. The second-order valence-corrected chi connectivity index (χ2v) is 6.17. The van der Waals surface area contributed by atoms with Gasteiger partial charge in [-0.3, -0.25) is 4.98 Å². The molecule has 4 rings (SSSR count). The van der Waals surface area contributed by atoms with E-state index < -0.39 is 0 Å². The molecule has 0 aliphatic rings. The standard InChI is InChI=1S/C17H15ClN8O/c18-12-6-8-13(9-7-12)19-10-15-20-17(27)25(22-15)11-16-21-23-24-26(16)14-4-2-1-3-5-14/h1-9,19H,10-11H2,(H,20,22,27). The van der Waals surface area contributed by atoms with Gasteiger partial charge in [0.15, 0.2) is 5.82 Å². The van der Waals surface area contributed by atoms with Gasteiger partial charge in [0.2, 0.25) is 0 Å². The normalized spacial score (nSPS) is 10.9. The fraction of sp³-hybridized carbons (Fsp3) is 0.118. The van der Waals surface area contributed by atoms with Crippen molar-refractivity contribution in [3.8, 4) is 5.69 Å². The summed E-state index contributed by atoms with van der Waals surface area (Å²) in [7, 11) is 0. The van der Waals surface area contributed by atoms with Gasteiger partial charge in [-0.2, -0.15) is 9.78 Å². The van der Waals surface area contributed by atoms with Crippen molar-refractivity contribution in [2.45, 2.75) is 13.1 Å². The maximum atomic E-state index is 12.2. The van der Waals surface area contributed by atoms with Gasteiger partial charge in [-0.1, -0.05) is 29.8 Å². The molecule has 0 aliphatic heterocycles. The van der Waals surface area contributed by atoms with Crippen LogP contribution in [-0.4, -0.2) is 35.0 Å². The lowest BCUT2D eigenvalue weighted by Gasteiger charge is -2.04. The summed E-state index contributed by atoms with van der Waals surface area (Å²) in [6.45, 7) is 0.520. The van der Waals surface area contributed by atoms with Gasteiger partial charge in [-0.25, -0.2) is 9.48 Å². The molecule has 0 bridgehead atoms. The Bertz CT molecular complexity index is 1080. The fourth-order valence-electron chi connectivity index (χ4n) is 2.55. The molecular formula is C17H15ClN8O. The highest BCUT2D eigenvalue weighted by Gasteiger charge is 2.12. The molecule has 9 nitrogen and oxygen atoms in total. The molecule has 0 fully saturated rings. The molecule has 0 radical (unpaired) electrons. The third-order valence-electron chi connectivity index (χ3n) is 3.86. The molecule has 2 N–H and O–H groups in total. The minimum absolute atomic E-state index is 0.151. The smallest absolute Gasteiger partial charge is 0.343 e. The predicted molar refractivity (Wildman–Crippen MR) is 99.9 cm³/mol. The first-order valence-electron chi connectivity index (χ1n) is 8.17. The summed E-state index contributed by atoms with van der Waals surface area (Å²) in [4.78, 5) is 14.9. The molecule has 10 heteroatoms. The van der Waals surface area contributed by atoms with Crippen LogP contribution in [0.2, 0.25) is 5.02 Å². The maximum absolute atomic E-state index is 12.2. The summed E-state index contributed by atoms with van der Waals surface area (Å²) >= 11 is 5.87. The first-order valence-corrected chi connectivity index (χ1v) is 8.55. The molecule has 0 saturated carbocycles. The third-order valence-corrected chi connectivity index (χ3v) is 4.11. The minimum atomic E-state index is -0.328. The van der Waals surface area contributed by atoms with Crippen molar-refractivity contribution >= 4 is 17.3 Å². The number of aromatic nitrogens is 7. The van der Waals surface area contributed by atoms with Crippen molar-refractivity contribution in [1.82, 2.24) is 35.0 Å². The van der Waals surface area contributed by atoms with Gasteiger partial charge in [-0.15, -0.1) is 5.10 Å². The van der Waals surface area contributed by atoms with Crippen molar-refractivity contribution < 1.29 is 0 Å². The van der Waals surface area contributed by atoms with Gasteiger partial charge < -0.3 is 5.32 Å². The van der Waals surface area contributed by atoms with Crippen LogP contribution in [0, 0.1) is 0 Å². The minimum Gasteiger partial charge on any atom is -0.378 e. The molecule has 0 saturated heterocycles. The monoisotopic (exact) mass is 382 g/mol. The molecule has 136 valence electrons. The van der Waals surface area contributed by atoms with E-state index in [0.717, 1.165) is 11.4 Å². The molecule has 0 atom stereocenters. The molecular weight excluding hydrogens is 368 g/mol. The number of para-hydroxylation sites is 1. The highest BCUT2D eigenvalue weighted by atomic mass is 35.5. The molecule has 0 unspecified atom stereocenters. The van der Waals surface area contributed by atoms with Crippen LogP contribution in [0.15, 0.2) is 59.4 Å². The van der Waals surface area contributed by atoms with Gasteiger partial charge in [-0.05, 0) is 46.8 Å². The summed E-state index contributed by atoms with van der Waals surface area (Å²) in [6.07, 6.45) is 0. The van der Waals surface area contributed by atoms with Crippen LogP contribution in [0.3, 0.4) is 0 Å². The Morgan fingerprint density at radius 3 is 2.63 bits per heavy atom. The lowest BCUT2D eigenvalue weighted by Crippen LogP contribution is -2.21. The average molecular weight is 383 g/mol. The largest absolute Gasteiger partial charge is 0.378 e. The van der Waals surface area contributed by atoms with Crippen LogP contribution in [0.5, 0.6) is 0 Å². The first-order chi connectivity index (χ1) is 13.2. The molecule has 4 aromatic rings. The van der Waals surface area contributed by atoms with Gasteiger partial charge >= 0.3 is 5.69 Å². The summed E-state index contributed by atoms with van der Waals surface area (Å²) < 4.78 is 2.87. The molecule has 0 aliphatic carbocycles. The number of tetrazole rings is 1. The molecule has 2 aromatic heterocycles. The van der Waals surface area contributed by atoms with Crippen molar-refractivity contribution in [3.63, 3.8) is 0 Å². The summed E-state index contributed by atoms with van der Waals surface area (Å²) in [5.41, 5.74) is 1.36. The van der Waals surface area contributed by atoms with Gasteiger partial charge in [0, 0.05) is 10.7 Å². The van der Waals surface area contributed by atoms with Gasteiger partial charge in [0.1, 0.15) is 12.4 Å². The van der Waals surface area contributed by atoms with Crippen LogP contribution < -0.4 is 11.0 Å². The highest BCUT2D eigenvalue weighted by molar-refractivity contribution is 6.30. The van der Waals surface area contributed by atoms with Crippen molar-refractivity contribution in [2.24, 2.45) is 0 Å². The van der Waals surface area contributed by atoms with E-state index in [1.54, 1.807) is 16.8 Å². The number of H-pyrrole nitrogens is 1. The lowest BCUT2D eigenvalue weighted by molar-refractivity contribution is 0.609. The van der Waals surface area contributed by atoms with Crippen LogP contribution in [-0.2, 0) is 13.1 Å². The SMILES string of the molecule is O=c1[nH]c(CNc2ccc(Cl)cc2)nn1Cc1nnnn1-c1ccccc1. The summed E-state index contributed by atoms with van der Waals surface area (Å²) in [6, 6.07) is 16.7. The fourth-order valence-corrected chi connectivity index (χ4v) is 2.68. The Hall–Kier alpha value is -3.46. The van der Waals surface area contributed by atoms with E-state index in [1.807, 2.05) is 42.5 Å². The third kappa shape index (κ3) is 3.87. The summed E-state index contributed by atoms with van der Waals surface area (Å²) in [5.74, 6) is 1.01. The van der Waals surface area contributed by atoms with E-state index in [9.17, 15) is 4.79 Å². The molecule has 0 amide bonds. The van der Waals surface area contributed by atoms with E-state index in [2.05, 4.69) is 30.9 Å². The topological polar surface area (TPSA) is 106 Å². The van der Waals surface area contributed by atoms with Crippen molar-refractivity contribution in [2.75, 3.05) is 5.32 Å². The number of nitrogens with one attached hydrogen (secondary N) is 2. The molecule has 0 spiro atoms. The van der Waals surface area contributed by atoms with E-state index >= 15 is 0 Å². The Labute approximate surface area is 158 Å². The Morgan fingerprint density at radius 1 is 1.07 bits per heavy atom. The van der Waals surface area contributed by atoms with Crippen LogP contribution in [0.4, 0.5) is 5.69 Å². The van der Waals surface area contributed by atoms with Crippen molar-refractivity contribution in [1.29, 1.82) is 0 Å². The second-order valence-electron chi connectivity index (χ2n) is 5.74.